The zero-order valence-corrected chi connectivity index (χ0v) is 16.8. The van der Waals surface area contributed by atoms with Crippen molar-refractivity contribution in [2.75, 3.05) is 19.6 Å². The first-order valence-electron chi connectivity index (χ1n) is 8.25. The summed E-state index contributed by atoms with van der Waals surface area (Å²) < 4.78 is 0. The number of carbonyl (C=O) groups is 1. The van der Waals surface area contributed by atoms with Crippen molar-refractivity contribution in [1.82, 2.24) is 15.2 Å². The monoisotopic (exact) mass is 401 g/mol. The summed E-state index contributed by atoms with van der Waals surface area (Å²) in [4.78, 5) is 19.0. The van der Waals surface area contributed by atoms with Crippen LogP contribution in [-0.4, -0.2) is 35.4 Å². The topological polar surface area (TPSA) is 45.2 Å². The zero-order valence-electron chi connectivity index (χ0n) is 14.3. The van der Waals surface area contributed by atoms with Crippen LogP contribution in [0.15, 0.2) is 35.8 Å². The minimum atomic E-state index is 0. The van der Waals surface area contributed by atoms with Crippen LogP contribution in [0.1, 0.15) is 35.5 Å². The van der Waals surface area contributed by atoms with Gasteiger partial charge in [-0.2, -0.15) is 0 Å². The molecule has 1 saturated heterocycles. The average molecular weight is 402 g/mol. The van der Waals surface area contributed by atoms with E-state index >= 15 is 0 Å². The summed E-state index contributed by atoms with van der Waals surface area (Å²) in [5.74, 6) is 0.228. The van der Waals surface area contributed by atoms with Gasteiger partial charge in [0.15, 0.2) is 0 Å². The minimum absolute atomic E-state index is 0. The van der Waals surface area contributed by atoms with Crippen LogP contribution in [0.4, 0.5) is 0 Å². The van der Waals surface area contributed by atoms with Crippen molar-refractivity contribution in [3.63, 3.8) is 0 Å². The van der Waals surface area contributed by atoms with Crippen LogP contribution in [-0.2, 0) is 17.6 Å². The van der Waals surface area contributed by atoms with E-state index in [2.05, 4.69) is 41.5 Å². The standard InChI is InChI=1S/C18H23N3OS.2ClH/c1-2-14-3-5-15(6-4-14)16-13-19-9-11-21(16)18(22)8-7-17-20-10-12-23-17;;/h3-6,10,12,16,19H,2,7-9,11,13H2,1H3;2*1H. The second-order valence-corrected chi connectivity index (χ2v) is 6.81. The van der Waals surface area contributed by atoms with E-state index in [-0.39, 0.29) is 36.8 Å². The molecule has 2 heterocycles. The Morgan fingerprint density at radius 1 is 1.32 bits per heavy atom. The summed E-state index contributed by atoms with van der Waals surface area (Å²) in [7, 11) is 0. The molecular weight excluding hydrogens is 377 g/mol. The molecule has 0 bridgehead atoms. The van der Waals surface area contributed by atoms with E-state index in [4.69, 9.17) is 0 Å². The fourth-order valence-corrected chi connectivity index (χ4v) is 3.63. The summed E-state index contributed by atoms with van der Waals surface area (Å²) in [6, 6.07) is 8.80. The van der Waals surface area contributed by atoms with Gasteiger partial charge in [-0.1, -0.05) is 31.2 Å². The zero-order chi connectivity index (χ0) is 16.1. The largest absolute Gasteiger partial charge is 0.333 e. The minimum Gasteiger partial charge on any atom is -0.333 e. The number of carbonyl (C=O) groups excluding carboxylic acids is 1. The highest BCUT2D eigenvalue weighted by Crippen LogP contribution is 2.24. The lowest BCUT2D eigenvalue weighted by atomic mass is 10.0. The SMILES string of the molecule is CCc1ccc(C2CNCCN2C(=O)CCc2nccs2)cc1.Cl.Cl. The second kappa shape index (κ2) is 10.8. The van der Waals surface area contributed by atoms with Gasteiger partial charge in [0, 0.05) is 44.1 Å². The van der Waals surface area contributed by atoms with Crippen LogP contribution in [0.5, 0.6) is 0 Å². The van der Waals surface area contributed by atoms with Gasteiger partial charge in [0.2, 0.25) is 5.91 Å². The molecular formula is C18H25Cl2N3OS. The number of halogens is 2. The van der Waals surface area contributed by atoms with Crippen molar-refractivity contribution in [2.45, 2.75) is 32.2 Å². The van der Waals surface area contributed by atoms with Crippen LogP contribution in [0.2, 0.25) is 0 Å². The summed E-state index contributed by atoms with van der Waals surface area (Å²) in [5, 5.41) is 6.41. The van der Waals surface area contributed by atoms with Gasteiger partial charge in [-0.3, -0.25) is 4.79 Å². The molecule has 25 heavy (non-hydrogen) atoms. The molecule has 1 fully saturated rings. The molecule has 4 nitrogen and oxygen atoms in total. The third kappa shape index (κ3) is 5.68. The lowest BCUT2D eigenvalue weighted by molar-refractivity contribution is -0.134. The smallest absolute Gasteiger partial charge is 0.223 e. The molecule has 1 amide bonds. The molecule has 1 aliphatic rings. The highest BCUT2D eigenvalue weighted by atomic mass is 35.5. The van der Waals surface area contributed by atoms with Crippen molar-refractivity contribution in [3.05, 3.63) is 52.0 Å². The number of thiazole rings is 1. The molecule has 0 spiro atoms. The molecule has 3 rings (SSSR count). The van der Waals surface area contributed by atoms with Crippen LogP contribution in [0, 0.1) is 0 Å². The molecule has 0 aliphatic carbocycles. The Hall–Kier alpha value is -1.14. The molecule has 1 aliphatic heterocycles. The predicted octanol–water partition coefficient (Wildman–Crippen LogP) is 3.65. The number of nitrogens with zero attached hydrogens (tertiary/aromatic N) is 2. The third-order valence-corrected chi connectivity index (χ3v) is 5.21. The molecule has 1 N–H and O–H groups in total. The van der Waals surface area contributed by atoms with E-state index in [1.165, 1.54) is 11.1 Å². The summed E-state index contributed by atoms with van der Waals surface area (Å²) in [5.41, 5.74) is 2.55. The molecule has 0 radical (unpaired) electrons. The number of benzene rings is 1. The van der Waals surface area contributed by atoms with Gasteiger partial charge in [-0.05, 0) is 17.5 Å². The van der Waals surface area contributed by atoms with Gasteiger partial charge < -0.3 is 10.2 Å². The maximum absolute atomic E-state index is 12.7. The molecule has 138 valence electrons. The number of rotatable bonds is 5. The van der Waals surface area contributed by atoms with E-state index < -0.39 is 0 Å². The number of nitrogens with one attached hydrogen (secondary N) is 1. The Balaban J connectivity index is 0.00000156. The molecule has 1 aromatic carbocycles. The number of piperazine rings is 1. The van der Waals surface area contributed by atoms with Gasteiger partial charge in [0.1, 0.15) is 0 Å². The Morgan fingerprint density at radius 2 is 2.08 bits per heavy atom. The van der Waals surface area contributed by atoms with Crippen molar-refractivity contribution in [3.8, 4) is 0 Å². The number of hydrogen-bond donors (Lipinski definition) is 1. The van der Waals surface area contributed by atoms with Gasteiger partial charge in [-0.15, -0.1) is 36.2 Å². The number of aryl methyl sites for hydroxylation is 2. The van der Waals surface area contributed by atoms with E-state index in [0.717, 1.165) is 37.5 Å². The first kappa shape index (κ1) is 21.9. The second-order valence-electron chi connectivity index (χ2n) is 5.83. The van der Waals surface area contributed by atoms with E-state index in [9.17, 15) is 4.79 Å². The summed E-state index contributed by atoms with van der Waals surface area (Å²) in [6.07, 6.45) is 4.12. The first-order chi connectivity index (χ1) is 11.3. The fraction of sp³-hybridized carbons (Fsp3) is 0.444. The molecule has 0 saturated carbocycles. The van der Waals surface area contributed by atoms with Gasteiger partial charge in [0.05, 0.1) is 11.0 Å². The van der Waals surface area contributed by atoms with Crippen LogP contribution in [0.25, 0.3) is 0 Å². The number of aromatic nitrogens is 1. The van der Waals surface area contributed by atoms with E-state index in [0.29, 0.717) is 6.42 Å². The van der Waals surface area contributed by atoms with Crippen molar-refractivity contribution >= 4 is 42.1 Å². The Labute approximate surface area is 165 Å². The third-order valence-electron chi connectivity index (χ3n) is 4.37. The van der Waals surface area contributed by atoms with Crippen molar-refractivity contribution in [2.24, 2.45) is 0 Å². The lowest BCUT2D eigenvalue weighted by Gasteiger charge is -2.36. The Morgan fingerprint density at radius 3 is 2.72 bits per heavy atom. The fourth-order valence-electron chi connectivity index (χ4n) is 3.01. The van der Waals surface area contributed by atoms with Gasteiger partial charge >= 0.3 is 0 Å². The maximum Gasteiger partial charge on any atom is 0.223 e. The highest BCUT2D eigenvalue weighted by Gasteiger charge is 2.27. The van der Waals surface area contributed by atoms with Crippen LogP contribution in [0.3, 0.4) is 0 Å². The highest BCUT2D eigenvalue weighted by molar-refractivity contribution is 7.09. The average Bonchev–Trinajstić information content (AvgIpc) is 3.13. The number of amides is 1. The lowest BCUT2D eigenvalue weighted by Crippen LogP contribution is -2.48. The molecule has 1 aromatic heterocycles. The van der Waals surface area contributed by atoms with Gasteiger partial charge in [0.25, 0.3) is 0 Å². The maximum atomic E-state index is 12.7. The van der Waals surface area contributed by atoms with Crippen molar-refractivity contribution < 1.29 is 4.79 Å². The molecule has 1 atom stereocenters. The molecule has 7 heteroatoms. The Bertz CT molecular complexity index is 634. The Kier molecular flexibility index (Phi) is 9.43. The molecule has 2 aromatic rings. The van der Waals surface area contributed by atoms with Crippen LogP contribution >= 0.6 is 36.2 Å². The van der Waals surface area contributed by atoms with Crippen molar-refractivity contribution in [1.29, 1.82) is 0 Å². The van der Waals surface area contributed by atoms with E-state index in [1.54, 1.807) is 17.5 Å². The summed E-state index contributed by atoms with van der Waals surface area (Å²) in [6.45, 7) is 4.63. The summed E-state index contributed by atoms with van der Waals surface area (Å²) >= 11 is 1.62. The predicted molar refractivity (Wildman–Crippen MR) is 108 cm³/mol. The van der Waals surface area contributed by atoms with E-state index in [1.807, 2.05) is 10.3 Å². The normalized spacial score (nSPS) is 16.7. The van der Waals surface area contributed by atoms with Gasteiger partial charge in [-0.25, -0.2) is 4.98 Å². The first-order valence-corrected chi connectivity index (χ1v) is 9.13. The molecule has 1 unspecified atom stereocenters. The number of hydrogen-bond acceptors (Lipinski definition) is 4. The quantitative estimate of drug-likeness (QED) is 0.831. The van der Waals surface area contributed by atoms with Crippen LogP contribution < -0.4 is 5.32 Å².